The fourth-order valence-corrected chi connectivity index (χ4v) is 2.05. The van der Waals surface area contributed by atoms with Gasteiger partial charge in [-0.15, -0.1) is 0 Å². The van der Waals surface area contributed by atoms with Crippen molar-refractivity contribution in [2.24, 2.45) is 0 Å². The first kappa shape index (κ1) is 8.48. The lowest BCUT2D eigenvalue weighted by Gasteiger charge is -2.29. The number of hydrogen-bond acceptors (Lipinski definition) is 3. The molecule has 2 atom stereocenters. The van der Waals surface area contributed by atoms with Crippen LogP contribution in [0.3, 0.4) is 0 Å². The SMILES string of the molecule is CN1CC[C@@H]2OC(C)(C)O[C@@H]2C1. The third-order valence-electron chi connectivity index (χ3n) is 2.57. The van der Waals surface area contributed by atoms with Crippen molar-refractivity contribution in [3.05, 3.63) is 0 Å². The van der Waals surface area contributed by atoms with E-state index < -0.39 is 0 Å². The summed E-state index contributed by atoms with van der Waals surface area (Å²) in [6.45, 7) is 6.12. The van der Waals surface area contributed by atoms with E-state index >= 15 is 0 Å². The Hall–Kier alpha value is -0.120. The van der Waals surface area contributed by atoms with E-state index in [0.717, 1.165) is 19.5 Å². The van der Waals surface area contributed by atoms with Crippen LogP contribution in [0.4, 0.5) is 0 Å². The van der Waals surface area contributed by atoms with E-state index in [2.05, 4.69) is 11.9 Å². The fraction of sp³-hybridized carbons (Fsp3) is 1.00. The summed E-state index contributed by atoms with van der Waals surface area (Å²) in [6, 6.07) is 0. The number of nitrogens with zero attached hydrogens (tertiary/aromatic N) is 1. The molecule has 0 amide bonds. The molecule has 0 N–H and O–H groups in total. The van der Waals surface area contributed by atoms with Gasteiger partial charge in [0.2, 0.25) is 0 Å². The summed E-state index contributed by atoms with van der Waals surface area (Å²) in [5.74, 6) is -0.361. The fourth-order valence-electron chi connectivity index (χ4n) is 2.05. The van der Waals surface area contributed by atoms with E-state index in [4.69, 9.17) is 9.47 Å². The summed E-state index contributed by atoms with van der Waals surface area (Å²) in [5, 5.41) is 0. The van der Waals surface area contributed by atoms with Crippen molar-refractivity contribution in [2.45, 2.75) is 38.3 Å². The molecule has 2 fully saturated rings. The molecule has 0 bridgehead atoms. The largest absolute Gasteiger partial charge is 0.344 e. The maximum absolute atomic E-state index is 5.76. The summed E-state index contributed by atoms with van der Waals surface area (Å²) in [7, 11) is 2.13. The van der Waals surface area contributed by atoms with Gasteiger partial charge in [-0.25, -0.2) is 0 Å². The highest BCUT2D eigenvalue weighted by molar-refractivity contribution is 4.87. The van der Waals surface area contributed by atoms with Crippen LogP contribution >= 0.6 is 0 Å². The zero-order valence-corrected chi connectivity index (χ0v) is 8.04. The molecule has 12 heavy (non-hydrogen) atoms. The van der Waals surface area contributed by atoms with Gasteiger partial charge in [0.1, 0.15) is 0 Å². The Labute approximate surface area is 73.6 Å². The third-order valence-corrected chi connectivity index (χ3v) is 2.57. The monoisotopic (exact) mass is 171 g/mol. The van der Waals surface area contributed by atoms with Crippen LogP contribution in [0, 0.1) is 0 Å². The zero-order valence-electron chi connectivity index (χ0n) is 8.04. The molecule has 0 aromatic carbocycles. The van der Waals surface area contributed by atoms with E-state index in [1.54, 1.807) is 0 Å². The number of fused-ring (bicyclic) bond motifs is 1. The molecule has 0 aliphatic carbocycles. The molecule has 2 aliphatic heterocycles. The zero-order chi connectivity index (χ0) is 8.77. The predicted molar refractivity (Wildman–Crippen MR) is 45.9 cm³/mol. The van der Waals surface area contributed by atoms with Gasteiger partial charge in [0.15, 0.2) is 5.79 Å². The van der Waals surface area contributed by atoms with E-state index in [1.807, 2.05) is 13.8 Å². The lowest BCUT2D eigenvalue weighted by atomic mass is 10.1. The molecule has 0 aromatic rings. The van der Waals surface area contributed by atoms with Crippen molar-refractivity contribution < 1.29 is 9.47 Å². The van der Waals surface area contributed by atoms with Crippen molar-refractivity contribution in [1.82, 2.24) is 4.90 Å². The Kier molecular flexibility index (Phi) is 1.90. The Morgan fingerprint density at radius 1 is 1.25 bits per heavy atom. The van der Waals surface area contributed by atoms with Gasteiger partial charge in [0.25, 0.3) is 0 Å². The van der Waals surface area contributed by atoms with Gasteiger partial charge in [-0.1, -0.05) is 0 Å². The minimum Gasteiger partial charge on any atom is -0.344 e. The normalized spacial score (nSPS) is 41.2. The first-order valence-corrected chi connectivity index (χ1v) is 4.61. The average Bonchev–Trinajstić information content (AvgIpc) is 2.21. The van der Waals surface area contributed by atoms with Crippen LogP contribution in [0.2, 0.25) is 0 Å². The molecule has 3 nitrogen and oxygen atoms in total. The van der Waals surface area contributed by atoms with Gasteiger partial charge in [-0.05, 0) is 27.3 Å². The summed E-state index contributed by atoms with van der Waals surface area (Å²) in [5.41, 5.74) is 0. The van der Waals surface area contributed by atoms with Crippen molar-refractivity contribution in [3.8, 4) is 0 Å². The van der Waals surface area contributed by atoms with Gasteiger partial charge in [-0.2, -0.15) is 0 Å². The minimum atomic E-state index is -0.361. The van der Waals surface area contributed by atoms with Crippen molar-refractivity contribution in [1.29, 1.82) is 0 Å². The maximum Gasteiger partial charge on any atom is 0.163 e. The van der Waals surface area contributed by atoms with Gasteiger partial charge in [-0.3, -0.25) is 0 Å². The molecule has 70 valence electrons. The Morgan fingerprint density at radius 3 is 2.67 bits per heavy atom. The molecule has 0 aromatic heterocycles. The number of piperidine rings is 1. The van der Waals surface area contributed by atoms with Crippen molar-refractivity contribution in [3.63, 3.8) is 0 Å². The number of likely N-dealkylation sites (tertiary alicyclic amines) is 1. The molecule has 0 spiro atoms. The average molecular weight is 171 g/mol. The summed E-state index contributed by atoms with van der Waals surface area (Å²) < 4.78 is 11.5. The summed E-state index contributed by atoms with van der Waals surface area (Å²) >= 11 is 0. The van der Waals surface area contributed by atoms with Crippen molar-refractivity contribution in [2.75, 3.05) is 20.1 Å². The van der Waals surface area contributed by atoms with Crippen LogP contribution in [-0.2, 0) is 9.47 Å². The molecule has 0 radical (unpaired) electrons. The molecule has 2 rings (SSSR count). The first-order chi connectivity index (χ1) is 5.57. The molecular formula is C9H17NO2. The van der Waals surface area contributed by atoms with E-state index in [-0.39, 0.29) is 5.79 Å². The van der Waals surface area contributed by atoms with Crippen molar-refractivity contribution >= 4 is 0 Å². The van der Waals surface area contributed by atoms with Crippen LogP contribution in [-0.4, -0.2) is 43.0 Å². The lowest BCUT2D eigenvalue weighted by Crippen LogP contribution is -2.43. The number of hydrogen-bond donors (Lipinski definition) is 0. The number of rotatable bonds is 0. The molecule has 3 heteroatoms. The first-order valence-electron chi connectivity index (χ1n) is 4.61. The highest BCUT2D eigenvalue weighted by Crippen LogP contribution is 2.32. The Bertz CT molecular complexity index is 181. The standard InChI is InChI=1S/C9H17NO2/c1-9(2)11-7-4-5-10(3)6-8(7)12-9/h7-8H,4-6H2,1-3H3/t7-,8+/m0/s1. The van der Waals surface area contributed by atoms with Crippen LogP contribution in [0.25, 0.3) is 0 Å². The number of ether oxygens (including phenoxy) is 2. The van der Waals surface area contributed by atoms with Gasteiger partial charge < -0.3 is 14.4 Å². The highest BCUT2D eigenvalue weighted by atomic mass is 16.8. The summed E-state index contributed by atoms with van der Waals surface area (Å²) in [4.78, 5) is 2.30. The smallest absolute Gasteiger partial charge is 0.163 e. The van der Waals surface area contributed by atoms with Crippen LogP contribution in [0.15, 0.2) is 0 Å². The highest BCUT2D eigenvalue weighted by Gasteiger charge is 2.43. The van der Waals surface area contributed by atoms with Gasteiger partial charge in [0.05, 0.1) is 12.2 Å². The lowest BCUT2D eigenvalue weighted by molar-refractivity contribution is -0.145. The van der Waals surface area contributed by atoms with Crippen LogP contribution < -0.4 is 0 Å². The topological polar surface area (TPSA) is 21.7 Å². The van der Waals surface area contributed by atoms with Gasteiger partial charge >= 0.3 is 0 Å². The van der Waals surface area contributed by atoms with Crippen LogP contribution in [0.5, 0.6) is 0 Å². The molecule has 0 unspecified atom stereocenters. The molecule has 2 heterocycles. The number of likely N-dealkylation sites (N-methyl/N-ethyl adjacent to an activating group) is 1. The third kappa shape index (κ3) is 1.49. The molecule has 2 aliphatic rings. The predicted octanol–water partition coefficient (Wildman–Crippen LogP) is 0.842. The van der Waals surface area contributed by atoms with E-state index in [0.29, 0.717) is 12.2 Å². The van der Waals surface area contributed by atoms with Crippen LogP contribution in [0.1, 0.15) is 20.3 Å². The molecular weight excluding hydrogens is 154 g/mol. The maximum atomic E-state index is 5.76. The second kappa shape index (κ2) is 2.69. The quantitative estimate of drug-likeness (QED) is 0.539. The second-order valence-electron chi connectivity index (χ2n) is 4.26. The minimum absolute atomic E-state index is 0.291. The Morgan fingerprint density at radius 2 is 1.92 bits per heavy atom. The Balaban J connectivity index is 2.02. The summed E-state index contributed by atoms with van der Waals surface area (Å²) in [6.07, 6.45) is 1.72. The van der Waals surface area contributed by atoms with E-state index in [9.17, 15) is 0 Å². The van der Waals surface area contributed by atoms with E-state index in [1.165, 1.54) is 0 Å². The molecule has 0 saturated carbocycles. The second-order valence-corrected chi connectivity index (χ2v) is 4.26. The van der Waals surface area contributed by atoms with Gasteiger partial charge in [0, 0.05) is 13.1 Å². The molecule has 2 saturated heterocycles.